The molecule has 0 rings (SSSR count). The molecule has 19 heteroatoms. The number of unbranched alkanes of at least 4 members (excludes halogenated alkanes) is 41. The zero-order valence-electron chi connectivity index (χ0n) is 56.9. The SMILES string of the molecule is CCCCCCCCCCCCCCC(=O)OC[C@H](COP(=O)(O)OC[C@@H](O)COP(=O)(O)OC[C@@H](COC(=O)CCCCCCCCCC)OC(=O)CCCCCCCCCCCCC)OC(=O)CCCCCCCCCCCCCCCCC(C)C. The summed E-state index contributed by atoms with van der Waals surface area (Å²) in [6.07, 6.45) is 48.5. The van der Waals surface area contributed by atoms with Crippen molar-refractivity contribution in [3.8, 4) is 0 Å². The maximum absolute atomic E-state index is 13.0. The maximum atomic E-state index is 13.0. The van der Waals surface area contributed by atoms with E-state index in [1.54, 1.807) is 0 Å². The fourth-order valence-electron chi connectivity index (χ4n) is 10.5. The maximum Gasteiger partial charge on any atom is 0.472 e. The summed E-state index contributed by atoms with van der Waals surface area (Å²) in [4.78, 5) is 72.4. The van der Waals surface area contributed by atoms with Gasteiger partial charge in [0.25, 0.3) is 0 Å². The quantitative estimate of drug-likeness (QED) is 0.0222. The Hall–Kier alpha value is -1.94. The van der Waals surface area contributed by atoms with Crippen molar-refractivity contribution in [2.45, 2.75) is 374 Å². The average Bonchev–Trinajstić information content (AvgIpc) is 3.55. The van der Waals surface area contributed by atoms with Crippen molar-refractivity contribution in [1.82, 2.24) is 0 Å². The first-order chi connectivity index (χ1) is 42.5. The van der Waals surface area contributed by atoms with Gasteiger partial charge < -0.3 is 33.8 Å². The minimum absolute atomic E-state index is 0.107. The van der Waals surface area contributed by atoms with Crippen LogP contribution in [0.3, 0.4) is 0 Å². The van der Waals surface area contributed by atoms with Crippen molar-refractivity contribution < 1.29 is 80.2 Å². The number of carbonyl (C=O) groups is 4. The molecule has 5 atom stereocenters. The fraction of sp³-hybridized carbons (Fsp3) is 0.942. The molecule has 0 aromatic heterocycles. The Morgan fingerprint density at radius 2 is 0.523 bits per heavy atom. The van der Waals surface area contributed by atoms with E-state index in [0.29, 0.717) is 25.7 Å². The van der Waals surface area contributed by atoms with Crippen LogP contribution >= 0.6 is 15.6 Å². The number of phosphoric acid groups is 2. The predicted molar refractivity (Wildman–Crippen MR) is 354 cm³/mol. The number of hydrogen-bond acceptors (Lipinski definition) is 15. The number of phosphoric ester groups is 2. The Morgan fingerprint density at radius 1 is 0.307 bits per heavy atom. The fourth-order valence-corrected chi connectivity index (χ4v) is 12.0. The number of esters is 4. The molecule has 0 saturated heterocycles. The van der Waals surface area contributed by atoms with E-state index in [1.165, 1.54) is 173 Å². The van der Waals surface area contributed by atoms with Gasteiger partial charge >= 0.3 is 39.5 Å². The largest absolute Gasteiger partial charge is 0.472 e. The molecule has 0 saturated carbocycles. The Kier molecular flexibility index (Phi) is 61.1. The molecule has 0 spiro atoms. The van der Waals surface area contributed by atoms with Gasteiger partial charge in [-0.2, -0.15) is 0 Å². The molecule has 0 bridgehead atoms. The Balaban J connectivity index is 5.21. The lowest BCUT2D eigenvalue weighted by molar-refractivity contribution is -0.161. The number of aliphatic hydroxyl groups is 1. The van der Waals surface area contributed by atoms with Crippen LogP contribution in [0.15, 0.2) is 0 Å². The molecule has 0 aromatic carbocycles. The van der Waals surface area contributed by atoms with Gasteiger partial charge in [-0.25, -0.2) is 9.13 Å². The van der Waals surface area contributed by atoms with Gasteiger partial charge in [-0.1, -0.05) is 304 Å². The highest BCUT2D eigenvalue weighted by Crippen LogP contribution is 2.45. The van der Waals surface area contributed by atoms with E-state index >= 15 is 0 Å². The van der Waals surface area contributed by atoms with Gasteiger partial charge in [-0.15, -0.1) is 0 Å². The van der Waals surface area contributed by atoms with E-state index in [1.807, 2.05) is 0 Å². The molecule has 0 heterocycles. The van der Waals surface area contributed by atoms with Gasteiger partial charge in [0.1, 0.15) is 19.3 Å². The zero-order valence-corrected chi connectivity index (χ0v) is 58.6. The van der Waals surface area contributed by atoms with Crippen molar-refractivity contribution in [2.24, 2.45) is 5.92 Å². The normalized spacial score (nSPS) is 14.1. The summed E-state index contributed by atoms with van der Waals surface area (Å²) in [7, 11) is -9.89. The van der Waals surface area contributed by atoms with E-state index < -0.39 is 97.5 Å². The molecule has 3 N–H and O–H groups in total. The Labute approximate surface area is 537 Å². The highest BCUT2D eigenvalue weighted by molar-refractivity contribution is 7.47. The Bertz CT molecular complexity index is 1700. The van der Waals surface area contributed by atoms with Gasteiger partial charge in [-0.3, -0.25) is 37.3 Å². The van der Waals surface area contributed by atoms with Crippen LogP contribution in [0.25, 0.3) is 0 Å². The minimum Gasteiger partial charge on any atom is -0.462 e. The summed E-state index contributed by atoms with van der Waals surface area (Å²) in [5.41, 5.74) is 0. The van der Waals surface area contributed by atoms with Gasteiger partial charge in [-0.05, 0) is 31.6 Å². The zero-order chi connectivity index (χ0) is 64.9. The van der Waals surface area contributed by atoms with Gasteiger partial charge in [0, 0.05) is 25.7 Å². The standard InChI is InChI=1S/C69H134O17P2/c1-6-9-12-15-18-21-23-30-33-38-43-48-53-67(72)80-59-65(86-69(74)55-50-45-40-35-31-27-25-24-26-29-32-36-41-46-51-62(4)5)61-84-88(77,78)82-57-63(70)56-81-87(75,76)83-60-64(58-79-66(71)52-47-42-37-20-17-14-11-8-3)85-68(73)54-49-44-39-34-28-22-19-16-13-10-7-2/h62-65,70H,6-61H2,1-5H3,(H,75,76)(H,77,78)/t63-,64+,65+/m0/s1. The molecule has 522 valence electrons. The lowest BCUT2D eigenvalue weighted by atomic mass is 10.0. The second kappa shape index (κ2) is 62.5. The van der Waals surface area contributed by atoms with Crippen molar-refractivity contribution in [3.05, 3.63) is 0 Å². The molecule has 0 fully saturated rings. The number of aliphatic hydroxyl groups excluding tert-OH is 1. The topological polar surface area (TPSA) is 237 Å². The second-order valence-corrected chi connectivity index (χ2v) is 28.3. The summed E-state index contributed by atoms with van der Waals surface area (Å²) in [5, 5.41) is 10.6. The summed E-state index contributed by atoms with van der Waals surface area (Å²) >= 11 is 0. The summed E-state index contributed by atoms with van der Waals surface area (Å²) in [5.74, 6) is -1.33. The monoisotopic (exact) mass is 1300 g/mol. The van der Waals surface area contributed by atoms with Gasteiger partial charge in [0.15, 0.2) is 12.2 Å². The third-order valence-electron chi connectivity index (χ3n) is 16.0. The molecule has 0 aliphatic rings. The lowest BCUT2D eigenvalue weighted by Crippen LogP contribution is -2.30. The number of ether oxygens (including phenoxy) is 4. The van der Waals surface area contributed by atoms with Crippen LogP contribution in [0.2, 0.25) is 0 Å². The first-order valence-electron chi connectivity index (χ1n) is 36.1. The smallest absolute Gasteiger partial charge is 0.462 e. The van der Waals surface area contributed by atoms with Crippen molar-refractivity contribution in [3.63, 3.8) is 0 Å². The van der Waals surface area contributed by atoms with E-state index in [-0.39, 0.29) is 25.7 Å². The van der Waals surface area contributed by atoms with Crippen LogP contribution in [0.5, 0.6) is 0 Å². The average molecular weight is 1300 g/mol. The minimum atomic E-state index is -4.95. The summed E-state index contributed by atoms with van der Waals surface area (Å²) in [6.45, 7) is 7.23. The highest BCUT2D eigenvalue weighted by atomic mass is 31.2. The lowest BCUT2D eigenvalue weighted by Gasteiger charge is -2.21. The van der Waals surface area contributed by atoms with Crippen LogP contribution < -0.4 is 0 Å². The molecule has 0 aromatic rings. The molecule has 0 amide bonds. The van der Waals surface area contributed by atoms with Crippen LogP contribution in [0.1, 0.15) is 356 Å². The van der Waals surface area contributed by atoms with Crippen LogP contribution in [0.4, 0.5) is 0 Å². The van der Waals surface area contributed by atoms with Crippen molar-refractivity contribution in [1.29, 1.82) is 0 Å². The number of carbonyl (C=O) groups excluding carboxylic acids is 4. The second-order valence-electron chi connectivity index (χ2n) is 25.4. The summed E-state index contributed by atoms with van der Waals surface area (Å²) in [6, 6.07) is 0. The van der Waals surface area contributed by atoms with E-state index in [0.717, 1.165) is 102 Å². The molecule has 88 heavy (non-hydrogen) atoms. The predicted octanol–water partition coefficient (Wildman–Crippen LogP) is 19.7. The molecule has 17 nitrogen and oxygen atoms in total. The molecule has 2 unspecified atom stereocenters. The van der Waals surface area contributed by atoms with Crippen LogP contribution in [0, 0.1) is 5.92 Å². The van der Waals surface area contributed by atoms with Gasteiger partial charge in [0.2, 0.25) is 0 Å². The van der Waals surface area contributed by atoms with E-state index in [9.17, 15) is 43.2 Å². The Morgan fingerprint density at radius 3 is 0.773 bits per heavy atom. The molecule has 0 aliphatic carbocycles. The van der Waals surface area contributed by atoms with Gasteiger partial charge in [0.05, 0.1) is 26.4 Å². The first-order valence-corrected chi connectivity index (χ1v) is 39.1. The van der Waals surface area contributed by atoms with Crippen LogP contribution in [-0.4, -0.2) is 96.7 Å². The van der Waals surface area contributed by atoms with Crippen molar-refractivity contribution in [2.75, 3.05) is 39.6 Å². The summed E-state index contributed by atoms with van der Waals surface area (Å²) < 4.78 is 68.2. The molecule has 0 aliphatic heterocycles. The third-order valence-corrected chi connectivity index (χ3v) is 17.9. The highest BCUT2D eigenvalue weighted by Gasteiger charge is 2.30. The molecular formula is C69H134O17P2. The first kappa shape index (κ1) is 86.1. The molecular weight excluding hydrogens is 1160 g/mol. The van der Waals surface area contributed by atoms with Crippen LogP contribution in [-0.2, 0) is 65.4 Å². The third kappa shape index (κ3) is 62.8. The number of hydrogen-bond donors (Lipinski definition) is 3. The molecule has 0 radical (unpaired) electrons. The van der Waals surface area contributed by atoms with Crippen molar-refractivity contribution >= 4 is 39.5 Å². The van der Waals surface area contributed by atoms with E-state index in [2.05, 4.69) is 34.6 Å². The van der Waals surface area contributed by atoms with E-state index in [4.69, 9.17) is 37.0 Å². The number of rotatable bonds is 69.